The van der Waals surface area contributed by atoms with Gasteiger partial charge in [0.1, 0.15) is 24.2 Å². The maximum absolute atomic E-state index is 13.6. The summed E-state index contributed by atoms with van der Waals surface area (Å²) < 4.78 is 5.56. The molecule has 226 valence electrons. The van der Waals surface area contributed by atoms with E-state index in [2.05, 4.69) is 10.6 Å². The molecule has 0 spiro atoms. The van der Waals surface area contributed by atoms with E-state index in [9.17, 15) is 28.8 Å². The molecule has 5 atom stereocenters. The van der Waals surface area contributed by atoms with Gasteiger partial charge in [-0.05, 0) is 44.4 Å². The highest BCUT2D eigenvalue weighted by Gasteiger charge is 2.41. The molecular weight excluding hydrogens is 518 g/mol. The predicted octanol–water partition coefficient (Wildman–Crippen LogP) is 0.680. The maximum atomic E-state index is 13.6. The van der Waals surface area contributed by atoms with E-state index in [0.717, 1.165) is 0 Å². The molecule has 0 aliphatic carbocycles. The summed E-state index contributed by atoms with van der Waals surface area (Å²) in [6.45, 7) is 11.0. The van der Waals surface area contributed by atoms with Crippen molar-refractivity contribution >= 4 is 35.5 Å². The lowest BCUT2D eigenvalue weighted by Gasteiger charge is -2.37. The van der Waals surface area contributed by atoms with Crippen molar-refractivity contribution in [2.24, 2.45) is 11.8 Å². The Bertz CT molecular complexity index is 969. The number of amides is 5. The van der Waals surface area contributed by atoms with Crippen molar-refractivity contribution in [2.75, 3.05) is 27.2 Å². The molecular formula is C28H47N5O7. The second-order valence-electron chi connectivity index (χ2n) is 11.6. The largest absolute Gasteiger partial charge is 0.452 e. The first-order valence-electron chi connectivity index (χ1n) is 14.3. The van der Waals surface area contributed by atoms with Gasteiger partial charge in [-0.15, -0.1) is 0 Å². The van der Waals surface area contributed by atoms with Gasteiger partial charge in [-0.25, -0.2) is 0 Å². The zero-order chi connectivity index (χ0) is 30.3. The molecule has 0 unspecified atom stereocenters. The summed E-state index contributed by atoms with van der Waals surface area (Å²) in [5.41, 5.74) is 0. The lowest BCUT2D eigenvalue weighted by atomic mass is 9.99. The van der Waals surface area contributed by atoms with Gasteiger partial charge in [0.25, 0.3) is 5.91 Å². The highest BCUT2D eigenvalue weighted by molar-refractivity contribution is 5.96. The predicted molar refractivity (Wildman–Crippen MR) is 148 cm³/mol. The average molecular weight is 566 g/mol. The minimum absolute atomic E-state index is 0.0362. The van der Waals surface area contributed by atoms with Gasteiger partial charge in [0.15, 0.2) is 6.10 Å². The molecule has 2 fully saturated rings. The van der Waals surface area contributed by atoms with E-state index in [0.29, 0.717) is 19.4 Å². The number of hydrogen-bond donors (Lipinski definition) is 2. The minimum Gasteiger partial charge on any atom is -0.452 e. The van der Waals surface area contributed by atoms with E-state index in [4.69, 9.17) is 4.74 Å². The Morgan fingerprint density at radius 2 is 1.57 bits per heavy atom. The highest BCUT2D eigenvalue weighted by Crippen LogP contribution is 2.23. The number of hydrogen-bond acceptors (Lipinski definition) is 7. The summed E-state index contributed by atoms with van der Waals surface area (Å²) in [4.78, 5) is 83.5. The lowest BCUT2D eigenvalue weighted by Crippen LogP contribution is -2.59. The Labute approximate surface area is 237 Å². The molecule has 2 heterocycles. The topological polar surface area (TPSA) is 145 Å². The van der Waals surface area contributed by atoms with Gasteiger partial charge in [0, 0.05) is 27.2 Å². The first-order valence-corrected chi connectivity index (χ1v) is 14.3. The normalized spacial score (nSPS) is 28.6. The Balaban J connectivity index is 2.46. The lowest BCUT2D eigenvalue weighted by molar-refractivity contribution is -0.162. The second-order valence-corrected chi connectivity index (χ2v) is 11.6. The number of fused-ring (bicyclic) bond motifs is 1. The molecule has 2 saturated heterocycles. The van der Waals surface area contributed by atoms with Crippen LogP contribution >= 0.6 is 0 Å². The zero-order valence-electron chi connectivity index (χ0n) is 25.2. The van der Waals surface area contributed by atoms with Crippen molar-refractivity contribution in [3.8, 4) is 0 Å². The van der Waals surface area contributed by atoms with E-state index in [1.165, 1.54) is 28.8 Å². The van der Waals surface area contributed by atoms with Crippen LogP contribution in [0.15, 0.2) is 0 Å². The Hall–Kier alpha value is -3.18. The summed E-state index contributed by atoms with van der Waals surface area (Å²) in [5.74, 6) is -3.11. The first kappa shape index (κ1) is 33.0. The molecule has 2 aliphatic heterocycles. The average Bonchev–Trinajstić information content (AvgIpc) is 3.38. The van der Waals surface area contributed by atoms with Crippen LogP contribution in [0.3, 0.4) is 0 Å². The zero-order valence-corrected chi connectivity index (χ0v) is 25.2. The van der Waals surface area contributed by atoms with Crippen molar-refractivity contribution < 1.29 is 33.5 Å². The van der Waals surface area contributed by atoms with Gasteiger partial charge in [-0.2, -0.15) is 0 Å². The fourth-order valence-corrected chi connectivity index (χ4v) is 5.23. The fraction of sp³-hybridized carbons (Fsp3) is 0.786. The maximum Gasteiger partial charge on any atom is 0.308 e. The van der Waals surface area contributed by atoms with Gasteiger partial charge < -0.3 is 30.1 Å². The number of carbonyl (C=O) groups is 6. The SMILES string of the molecule is CC[C@@H]1NC(=O)[C@@H]2CCCN2C(=O)[C@@H](CC(C)C)OC(=O)CCNC(=O)[C@H](C)N(C)C(=O)[C@H](C(C)C)N(C)C1=O. The molecule has 2 N–H and O–H groups in total. The van der Waals surface area contributed by atoms with Crippen molar-refractivity contribution in [1.82, 2.24) is 25.3 Å². The van der Waals surface area contributed by atoms with Gasteiger partial charge in [-0.3, -0.25) is 28.8 Å². The van der Waals surface area contributed by atoms with Crippen LogP contribution in [0, 0.1) is 11.8 Å². The molecule has 2 aliphatic rings. The van der Waals surface area contributed by atoms with Crippen molar-refractivity contribution in [2.45, 2.75) is 104 Å². The quantitative estimate of drug-likeness (QED) is 0.477. The third kappa shape index (κ3) is 7.94. The van der Waals surface area contributed by atoms with E-state index >= 15 is 0 Å². The standard InChI is InChI=1S/C28H47N5O7/c1-9-19-26(37)32(8)23(17(4)5)28(39)31(7)18(6)24(35)29-13-12-22(34)40-21(15-16(2)3)27(38)33-14-10-11-20(33)25(36)30-19/h16-21,23H,9-15H2,1-8H3,(H,29,35)(H,30,36)/t18-,19-,20-,21+,23-/m0/s1. The monoisotopic (exact) mass is 565 g/mol. The van der Waals surface area contributed by atoms with Crippen LogP contribution in [0.5, 0.6) is 0 Å². The van der Waals surface area contributed by atoms with Crippen LogP contribution in [0.2, 0.25) is 0 Å². The molecule has 0 aromatic heterocycles. The molecule has 0 aromatic rings. The smallest absolute Gasteiger partial charge is 0.308 e. The number of nitrogens with zero attached hydrogens (tertiary/aromatic N) is 3. The van der Waals surface area contributed by atoms with Gasteiger partial charge in [0.2, 0.25) is 23.6 Å². The highest BCUT2D eigenvalue weighted by atomic mass is 16.5. The van der Waals surface area contributed by atoms with Gasteiger partial charge >= 0.3 is 5.97 Å². The van der Waals surface area contributed by atoms with Gasteiger partial charge in [-0.1, -0.05) is 34.6 Å². The number of cyclic esters (lactones) is 1. The van der Waals surface area contributed by atoms with Crippen LogP contribution in [0.25, 0.3) is 0 Å². The second kappa shape index (κ2) is 14.5. The third-order valence-corrected chi connectivity index (χ3v) is 7.68. The van der Waals surface area contributed by atoms with Crippen molar-refractivity contribution in [1.29, 1.82) is 0 Å². The van der Waals surface area contributed by atoms with Gasteiger partial charge in [0.05, 0.1) is 6.42 Å². The molecule has 0 saturated carbocycles. The number of nitrogens with one attached hydrogen (secondary N) is 2. The van der Waals surface area contributed by atoms with E-state index in [1.54, 1.807) is 27.7 Å². The summed E-state index contributed by atoms with van der Waals surface area (Å²) in [6.07, 6.45) is 0.341. The summed E-state index contributed by atoms with van der Waals surface area (Å²) in [7, 11) is 3.01. The molecule has 2 rings (SSSR count). The first-order chi connectivity index (χ1) is 18.7. The van der Waals surface area contributed by atoms with E-state index in [-0.39, 0.29) is 37.6 Å². The van der Waals surface area contributed by atoms with Crippen LogP contribution in [0.1, 0.15) is 73.6 Å². The number of likely N-dealkylation sites (N-methyl/N-ethyl adjacent to an activating group) is 2. The molecule has 0 radical (unpaired) electrons. The summed E-state index contributed by atoms with van der Waals surface area (Å²) in [6, 6.07) is -3.47. The number of rotatable bonds is 4. The number of esters is 1. The van der Waals surface area contributed by atoms with Crippen LogP contribution < -0.4 is 10.6 Å². The Morgan fingerprint density at radius 3 is 2.15 bits per heavy atom. The minimum atomic E-state index is -1.07. The summed E-state index contributed by atoms with van der Waals surface area (Å²) >= 11 is 0. The number of ether oxygens (including phenoxy) is 1. The van der Waals surface area contributed by atoms with E-state index in [1.807, 2.05) is 13.8 Å². The Morgan fingerprint density at radius 1 is 0.925 bits per heavy atom. The summed E-state index contributed by atoms with van der Waals surface area (Å²) in [5, 5.41) is 5.45. The third-order valence-electron chi connectivity index (χ3n) is 7.68. The Kier molecular flexibility index (Phi) is 11.9. The van der Waals surface area contributed by atoms with E-state index < -0.39 is 65.8 Å². The molecule has 5 amide bonds. The van der Waals surface area contributed by atoms with Crippen LogP contribution in [0.4, 0.5) is 0 Å². The molecule has 12 heteroatoms. The molecule has 0 bridgehead atoms. The van der Waals surface area contributed by atoms with Crippen LogP contribution in [-0.4, -0.2) is 108 Å². The fourth-order valence-electron chi connectivity index (χ4n) is 5.23. The molecule has 0 aromatic carbocycles. The number of carbonyl (C=O) groups excluding carboxylic acids is 6. The molecule has 40 heavy (non-hydrogen) atoms. The van der Waals surface area contributed by atoms with Crippen LogP contribution in [-0.2, 0) is 33.5 Å². The van der Waals surface area contributed by atoms with Crippen molar-refractivity contribution in [3.05, 3.63) is 0 Å². The van der Waals surface area contributed by atoms with Crippen molar-refractivity contribution in [3.63, 3.8) is 0 Å². The molecule has 12 nitrogen and oxygen atoms in total.